The van der Waals surface area contributed by atoms with Gasteiger partial charge >= 0.3 is 12.0 Å². The number of amides is 2. The predicted octanol–water partition coefficient (Wildman–Crippen LogP) is -0.464. The monoisotopic (exact) mass is 257 g/mol. The van der Waals surface area contributed by atoms with Crippen LogP contribution in [0.5, 0.6) is 0 Å². The Bertz CT molecular complexity index is 423. The van der Waals surface area contributed by atoms with Gasteiger partial charge in [0.15, 0.2) is 6.10 Å². The second kappa shape index (κ2) is 6.01. The number of oxazole rings is 1. The van der Waals surface area contributed by atoms with Crippen LogP contribution in [0.1, 0.15) is 17.3 Å². The fourth-order valence-electron chi connectivity index (χ4n) is 1.11. The highest BCUT2D eigenvalue weighted by Crippen LogP contribution is 2.07. The van der Waals surface area contributed by atoms with Crippen LogP contribution < -0.4 is 10.6 Å². The Balaban J connectivity index is 2.31. The SMILES string of the molecule is Cc1nc(CNC(=O)NCC(O)C(=O)O)oc1C. The number of aromatic nitrogens is 1. The zero-order valence-corrected chi connectivity index (χ0v) is 10.1. The van der Waals surface area contributed by atoms with Gasteiger partial charge in [0.1, 0.15) is 5.76 Å². The summed E-state index contributed by atoms with van der Waals surface area (Å²) in [7, 11) is 0. The number of aliphatic carboxylic acids is 1. The molecule has 0 fully saturated rings. The van der Waals surface area contributed by atoms with E-state index in [1.807, 2.05) is 0 Å². The number of hydrogen-bond acceptors (Lipinski definition) is 5. The summed E-state index contributed by atoms with van der Waals surface area (Å²) in [4.78, 5) is 25.6. The molecular weight excluding hydrogens is 242 g/mol. The third-order valence-corrected chi connectivity index (χ3v) is 2.21. The number of carboxylic acid groups (broad SMARTS) is 1. The quantitative estimate of drug-likeness (QED) is 0.565. The summed E-state index contributed by atoms with van der Waals surface area (Å²) in [6.45, 7) is 3.26. The number of hydrogen-bond donors (Lipinski definition) is 4. The lowest BCUT2D eigenvalue weighted by Crippen LogP contribution is -2.41. The number of carbonyl (C=O) groups is 2. The van der Waals surface area contributed by atoms with Gasteiger partial charge in [-0.2, -0.15) is 0 Å². The number of nitrogens with one attached hydrogen (secondary N) is 2. The van der Waals surface area contributed by atoms with Crippen molar-refractivity contribution in [2.45, 2.75) is 26.5 Å². The Morgan fingerprint density at radius 2 is 2.06 bits per heavy atom. The van der Waals surface area contributed by atoms with Crippen molar-refractivity contribution in [3.05, 3.63) is 17.3 Å². The molecule has 100 valence electrons. The molecule has 1 unspecified atom stereocenters. The predicted molar refractivity (Wildman–Crippen MR) is 59.9 cm³/mol. The summed E-state index contributed by atoms with van der Waals surface area (Å²) in [5, 5.41) is 21.9. The Hall–Kier alpha value is -2.09. The van der Waals surface area contributed by atoms with Crippen molar-refractivity contribution in [3.8, 4) is 0 Å². The van der Waals surface area contributed by atoms with Crippen molar-refractivity contribution >= 4 is 12.0 Å². The number of urea groups is 1. The molecule has 1 aromatic heterocycles. The van der Waals surface area contributed by atoms with E-state index < -0.39 is 18.1 Å². The van der Waals surface area contributed by atoms with Crippen LogP contribution in [0.25, 0.3) is 0 Å². The van der Waals surface area contributed by atoms with E-state index >= 15 is 0 Å². The Morgan fingerprint density at radius 1 is 1.39 bits per heavy atom. The molecule has 4 N–H and O–H groups in total. The third-order valence-electron chi connectivity index (χ3n) is 2.21. The van der Waals surface area contributed by atoms with Crippen molar-refractivity contribution in [3.63, 3.8) is 0 Å². The number of rotatable bonds is 5. The van der Waals surface area contributed by atoms with Gasteiger partial charge in [-0.05, 0) is 13.8 Å². The summed E-state index contributed by atoms with van der Waals surface area (Å²) in [6, 6.07) is -0.608. The van der Waals surface area contributed by atoms with Crippen molar-refractivity contribution < 1.29 is 24.2 Å². The number of nitrogens with zero attached hydrogens (tertiary/aromatic N) is 1. The molecule has 1 aromatic rings. The molecule has 0 saturated heterocycles. The topological polar surface area (TPSA) is 125 Å². The van der Waals surface area contributed by atoms with Crippen LogP contribution in [0, 0.1) is 13.8 Å². The van der Waals surface area contributed by atoms with E-state index in [1.165, 1.54) is 0 Å². The molecule has 0 spiro atoms. The minimum absolute atomic E-state index is 0.0870. The van der Waals surface area contributed by atoms with E-state index in [0.717, 1.165) is 5.69 Å². The molecule has 1 atom stereocenters. The molecule has 0 saturated carbocycles. The molecule has 8 heteroatoms. The number of aliphatic hydroxyl groups is 1. The molecule has 0 aromatic carbocycles. The molecule has 2 amide bonds. The minimum Gasteiger partial charge on any atom is -0.479 e. The molecular formula is C10H15N3O5. The number of carboxylic acids is 1. The summed E-state index contributed by atoms with van der Waals surface area (Å²) in [5.74, 6) is -0.360. The van der Waals surface area contributed by atoms with Crippen LogP contribution in [0.3, 0.4) is 0 Å². The number of aliphatic hydroxyl groups excluding tert-OH is 1. The van der Waals surface area contributed by atoms with Crippen LogP contribution >= 0.6 is 0 Å². The molecule has 8 nitrogen and oxygen atoms in total. The summed E-state index contributed by atoms with van der Waals surface area (Å²) in [6.07, 6.45) is -1.62. The first-order valence-electron chi connectivity index (χ1n) is 5.25. The normalized spacial score (nSPS) is 11.9. The molecule has 0 aliphatic carbocycles. The van der Waals surface area contributed by atoms with Crippen LogP contribution in [0.15, 0.2) is 4.42 Å². The highest BCUT2D eigenvalue weighted by Gasteiger charge is 2.14. The zero-order valence-electron chi connectivity index (χ0n) is 10.1. The highest BCUT2D eigenvalue weighted by molar-refractivity contribution is 5.76. The van der Waals surface area contributed by atoms with E-state index in [0.29, 0.717) is 11.7 Å². The van der Waals surface area contributed by atoms with Gasteiger partial charge in [-0.15, -0.1) is 0 Å². The molecule has 0 bridgehead atoms. The van der Waals surface area contributed by atoms with Crippen molar-refractivity contribution in [2.75, 3.05) is 6.54 Å². The molecule has 1 heterocycles. The van der Waals surface area contributed by atoms with Gasteiger partial charge in [-0.25, -0.2) is 14.6 Å². The number of aryl methyl sites for hydroxylation is 2. The fourth-order valence-corrected chi connectivity index (χ4v) is 1.11. The summed E-state index contributed by atoms with van der Waals surface area (Å²) < 4.78 is 5.23. The molecule has 0 aliphatic heterocycles. The van der Waals surface area contributed by atoms with E-state index in [2.05, 4.69) is 15.6 Å². The molecule has 0 aliphatic rings. The van der Waals surface area contributed by atoms with Crippen LogP contribution in [0.2, 0.25) is 0 Å². The third kappa shape index (κ3) is 4.06. The Labute approximate surface area is 103 Å². The Morgan fingerprint density at radius 3 is 2.56 bits per heavy atom. The van der Waals surface area contributed by atoms with E-state index in [-0.39, 0.29) is 13.1 Å². The highest BCUT2D eigenvalue weighted by atomic mass is 16.4. The molecule has 1 rings (SSSR count). The largest absolute Gasteiger partial charge is 0.479 e. The van der Waals surface area contributed by atoms with Gasteiger partial charge in [0.2, 0.25) is 5.89 Å². The van der Waals surface area contributed by atoms with Crippen LogP contribution in [-0.4, -0.2) is 39.8 Å². The van der Waals surface area contributed by atoms with Crippen molar-refractivity contribution in [1.29, 1.82) is 0 Å². The lowest BCUT2D eigenvalue weighted by atomic mass is 10.4. The smallest absolute Gasteiger partial charge is 0.334 e. The fraction of sp³-hybridized carbons (Fsp3) is 0.500. The maximum absolute atomic E-state index is 11.2. The second-order valence-electron chi connectivity index (χ2n) is 3.67. The maximum atomic E-state index is 11.2. The first-order chi connectivity index (χ1) is 8.40. The van der Waals surface area contributed by atoms with Gasteiger partial charge in [0.05, 0.1) is 18.8 Å². The lowest BCUT2D eigenvalue weighted by Gasteiger charge is -2.08. The molecule has 18 heavy (non-hydrogen) atoms. The van der Waals surface area contributed by atoms with E-state index in [9.17, 15) is 9.59 Å². The first-order valence-corrected chi connectivity index (χ1v) is 5.25. The van der Waals surface area contributed by atoms with Crippen LogP contribution in [0.4, 0.5) is 4.79 Å². The van der Waals surface area contributed by atoms with E-state index in [1.54, 1.807) is 13.8 Å². The standard InChI is InChI=1S/C10H15N3O5/c1-5-6(2)18-8(13-5)4-12-10(17)11-3-7(14)9(15)16/h7,14H,3-4H2,1-2H3,(H,15,16)(H2,11,12,17). The summed E-state index contributed by atoms with van der Waals surface area (Å²) in [5.41, 5.74) is 0.744. The first kappa shape index (κ1) is 14.0. The van der Waals surface area contributed by atoms with E-state index in [4.69, 9.17) is 14.6 Å². The summed E-state index contributed by atoms with van der Waals surface area (Å²) >= 11 is 0. The zero-order chi connectivity index (χ0) is 13.7. The average molecular weight is 257 g/mol. The maximum Gasteiger partial charge on any atom is 0.334 e. The van der Waals surface area contributed by atoms with Gasteiger partial charge in [-0.3, -0.25) is 0 Å². The van der Waals surface area contributed by atoms with Gasteiger partial charge in [0.25, 0.3) is 0 Å². The van der Waals surface area contributed by atoms with Crippen molar-refractivity contribution in [1.82, 2.24) is 15.6 Å². The number of carbonyl (C=O) groups excluding carboxylic acids is 1. The van der Waals surface area contributed by atoms with Crippen molar-refractivity contribution in [2.24, 2.45) is 0 Å². The lowest BCUT2D eigenvalue weighted by molar-refractivity contribution is -0.146. The Kier molecular flexibility index (Phi) is 4.67. The average Bonchev–Trinajstić information content (AvgIpc) is 2.63. The second-order valence-corrected chi connectivity index (χ2v) is 3.67. The molecule has 0 radical (unpaired) electrons. The van der Waals surface area contributed by atoms with Gasteiger partial charge in [0, 0.05) is 0 Å². The van der Waals surface area contributed by atoms with Gasteiger partial charge in [-0.1, -0.05) is 0 Å². The van der Waals surface area contributed by atoms with Crippen LogP contribution in [-0.2, 0) is 11.3 Å². The van der Waals surface area contributed by atoms with Gasteiger partial charge < -0.3 is 25.3 Å². The minimum atomic E-state index is -1.62.